The highest BCUT2D eigenvalue weighted by Crippen LogP contribution is 2.33. The molecule has 0 saturated carbocycles. The van der Waals surface area contributed by atoms with E-state index in [4.69, 9.17) is 14.4 Å². The van der Waals surface area contributed by atoms with E-state index in [1.807, 2.05) is 30.3 Å². The Balaban J connectivity index is 1.19. The van der Waals surface area contributed by atoms with E-state index < -0.39 is 0 Å². The van der Waals surface area contributed by atoms with Crippen LogP contribution in [-0.4, -0.2) is 15.0 Å². The number of fused-ring (bicyclic) bond motifs is 6. The van der Waals surface area contributed by atoms with Crippen molar-refractivity contribution in [3.63, 3.8) is 0 Å². The average Bonchev–Trinajstić information content (AvgIpc) is 3.39. The number of nitrogens with zero attached hydrogens (tertiary/aromatic N) is 3. The van der Waals surface area contributed by atoms with Gasteiger partial charge < -0.3 is 4.42 Å². The molecule has 0 amide bonds. The van der Waals surface area contributed by atoms with E-state index in [1.165, 1.54) is 0 Å². The molecule has 0 saturated heterocycles. The third-order valence-electron chi connectivity index (χ3n) is 7.39. The largest absolute Gasteiger partial charge is 0.456 e. The number of rotatable bonds is 3. The molecular formula is C35H21N3O. The van der Waals surface area contributed by atoms with Crippen LogP contribution in [-0.2, 0) is 0 Å². The van der Waals surface area contributed by atoms with Gasteiger partial charge in [0.1, 0.15) is 11.2 Å². The molecule has 4 aromatic carbocycles. The van der Waals surface area contributed by atoms with Gasteiger partial charge in [0.25, 0.3) is 0 Å². The molecule has 0 bridgehead atoms. The van der Waals surface area contributed by atoms with Crippen LogP contribution < -0.4 is 0 Å². The van der Waals surface area contributed by atoms with E-state index in [9.17, 15) is 0 Å². The van der Waals surface area contributed by atoms with Gasteiger partial charge in [-0.15, -0.1) is 0 Å². The Bertz CT molecular complexity index is 2160. The van der Waals surface area contributed by atoms with Gasteiger partial charge in [0.15, 0.2) is 0 Å². The van der Waals surface area contributed by atoms with E-state index in [0.717, 1.165) is 77.4 Å². The second kappa shape index (κ2) is 8.61. The first kappa shape index (κ1) is 21.7. The monoisotopic (exact) mass is 499 g/mol. The summed E-state index contributed by atoms with van der Waals surface area (Å²) >= 11 is 0. The lowest BCUT2D eigenvalue weighted by Gasteiger charge is -2.09. The van der Waals surface area contributed by atoms with Gasteiger partial charge in [-0.05, 0) is 53.6 Å². The van der Waals surface area contributed by atoms with Gasteiger partial charge in [-0.1, -0.05) is 72.8 Å². The van der Waals surface area contributed by atoms with Crippen LogP contribution in [0.5, 0.6) is 0 Å². The summed E-state index contributed by atoms with van der Waals surface area (Å²) < 4.78 is 6.00. The summed E-state index contributed by atoms with van der Waals surface area (Å²) in [6.07, 6.45) is 3.58. The first-order valence-electron chi connectivity index (χ1n) is 12.9. The number of pyridine rings is 3. The minimum absolute atomic E-state index is 0.904. The molecule has 0 fully saturated rings. The fraction of sp³-hybridized carbons (Fsp3) is 0. The van der Waals surface area contributed by atoms with Crippen LogP contribution >= 0.6 is 0 Å². The molecule has 4 nitrogen and oxygen atoms in total. The molecule has 4 heteroatoms. The van der Waals surface area contributed by atoms with Crippen molar-refractivity contribution in [3.8, 4) is 33.6 Å². The van der Waals surface area contributed by atoms with Crippen molar-refractivity contribution >= 4 is 43.7 Å². The maximum atomic E-state index is 6.00. The first-order valence-corrected chi connectivity index (χ1v) is 12.9. The van der Waals surface area contributed by atoms with Crippen LogP contribution in [0.4, 0.5) is 0 Å². The van der Waals surface area contributed by atoms with Gasteiger partial charge >= 0.3 is 0 Å². The van der Waals surface area contributed by atoms with E-state index >= 15 is 0 Å². The Labute approximate surface area is 224 Å². The van der Waals surface area contributed by atoms with Gasteiger partial charge in [-0.3, -0.25) is 4.98 Å². The van der Waals surface area contributed by atoms with Crippen LogP contribution in [0.3, 0.4) is 0 Å². The topological polar surface area (TPSA) is 51.8 Å². The smallest absolute Gasteiger partial charge is 0.135 e. The number of benzene rings is 4. The highest BCUT2D eigenvalue weighted by molar-refractivity contribution is 6.06. The normalized spacial score (nSPS) is 11.6. The summed E-state index contributed by atoms with van der Waals surface area (Å²) in [7, 11) is 0. The predicted octanol–water partition coefficient (Wildman–Crippen LogP) is 9.08. The highest BCUT2D eigenvalue weighted by Gasteiger charge is 2.11. The maximum Gasteiger partial charge on any atom is 0.135 e. The maximum absolute atomic E-state index is 6.00. The molecule has 0 aliphatic heterocycles. The van der Waals surface area contributed by atoms with Gasteiger partial charge in [-0.25, -0.2) is 9.97 Å². The zero-order valence-corrected chi connectivity index (χ0v) is 20.9. The van der Waals surface area contributed by atoms with E-state index in [1.54, 1.807) is 12.4 Å². The third kappa shape index (κ3) is 3.65. The summed E-state index contributed by atoms with van der Waals surface area (Å²) in [4.78, 5) is 14.2. The van der Waals surface area contributed by atoms with Crippen molar-refractivity contribution in [2.24, 2.45) is 0 Å². The van der Waals surface area contributed by atoms with E-state index in [0.29, 0.717) is 0 Å². The Hall–Kier alpha value is -5.35. The first-order chi connectivity index (χ1) is 19.3. The zero-order chi connectivity index (χ0) is 25.8. The van der Waals surface area contributed by atoms with Gasteiger partial charge in [0.2, 0.25) is 0 Å². The lowest BCUT2D eigenvalue weighted by molar-refractivity contribution is 0.669. The molecule has 0 atom stereocenters. The molecule has 8 aromatic rings. The Morgan fingerprint density at radius 3 is 1.72 bits per heavy atom. The number of aromatic nitrogens is 3. The molecule has 0 radical (unpaired) electrons. The number of hydrogen-bond acceptors (Lipinski definition) is 4. The number of para-hydroxylation sites is 1. The van der Waals surface area contributed by atoms with Gasteiger partial charge in [-0.2, -0.15) is 0 Å². The van der Waals surface area contributed by atoms with Crippen LogP contribution in [0.25, 0.3) is 77.4 Å². The standard InChI is InChI=1S/C35H21N3O/c1-2-4-32-28(3-1)29-21-27(13-16-33(29)39-32)22-5-7-23(8-6-22)30-14-11-25-9-10-26-12-15-31(24-17-19-36-20-18-24)38-35(26)34(25)37-30/h1-21H. The van der Waals surface area contributed by atoms with Crippen LogP contribution in [0.15, 0.2) is 132 Å². The molecule has 0 N–H and O–H groups in total. The quantitative estimate of drug-likeness (QED) is 0.228. The van der Waals surface area contributed by atoms with E-state index in [2.05, 4.69) is 89.9 Å². The lowest BCUT2D eigenvalue weighted by Crippen LogP contribution is -1.91. The summed E-state index contributed by atoms with van der Waals surface area (Å²) in [6, 6.07) is 39.7. The second-order valence-electron chi connectivity index (χ2n) is 9.72. The Morgan fingerprint density at radius 1 is 0.436 bits per heavy atom. The van der Waals surface area contributed by atoms with Crippen LogP contribution in [0.2, 0.25) is 0 Å². The molecule has 0 unspecified atom stereocenters. The molecule has 8 rings (SSSR count). The Kier molecular flexibility index (Phi) is 4.79. The minimum Gasteiger partial charge on any atom is -0.456 e. The summed E-state index contributed by atoms with van der Waals surface area (Å²) in [5, 5.41) is 4.42. The summed E-state index contributed by atoms with van der Waals surface area (Å²) in [6.45, 7) is 0. The minimum atomic E-state index is 0.904. The number of hydrogen-bond donors (Lipinski definition) is 0. The van der Waals surface area contributed by atoms with Crippen molar-refractivity contribution in [1.29, 1.82) is 0 Å². The van der Waals surface area contributed by atoms with Gasteiger partial charge in [0, 0.05) is 45.1 Å². The average molecular weight is 500 g/mol. The molecule has 0 aliphatic rings. The summed E-state index contributed by atoms with van der Waals surface area (Å²) in [5.74, 6) is 0. The molecular weight excluding hydrogens is 478 g/mol. The van der Waals surface area contributed by atoms with Crippen LogP contribution in [0.1, 0.15) is 0 Å². The molecule has 4 aromatic heterocycles. The fourth-order valence-electron chi connectivity index (χ4n) is 5.35. The van der Waals surface area contributed by atoms with Crippen molar-refractivity contribution in [3.05, 3.63) is 128 Å². The van der Waals surface area contributed by atoms with Gasteiger partial charge in [0.05, 0.1) is 22.4 Å². The molecule has 0 aliphatic carbocycles. The van der Waals surface area contributed by atoms with Crippen molar-refractivity contribution < 1.29 is 4.42 Å². The lowest BCUT2D eigenvalue weighted by atomic mass is 10.00. The van der Waals surface area contributed by atoms with Crippen molar-refractivity contribution in [1.82, 2.24) is 15.0 Å². The van der Waals surface area contributed by atoms with Crippen molar-refractivity contribution in [2.75, 3.05) is 0 Å². The molecule has 0 spiro atoms. The van der Waals surface area contributed by atoms with Crippen molar-refractivity contribution in [2.45, 2.75) is 0 Å². The highest BCUT2D eigenvalue weighted by atomic mass is 16.3. The van der Waals surface area contributed by atoms with E-state index in [-0.39, 0.29) is 0 Å². The molecule has 39 heavy (non-hydrogen) atoms. The zero-order valence-electron chi connectivity index (χ0n) is 20.9. The fourth-order valence-corrected chi connectivity index (χ4v) is 5.35. The predicted molar refractivity (Wildman–Crippen MR) is 158 cm³/mol. The third-order valence-corrected chi connectivity index (χ3v) is 7.39. The Morgan fingerprint density at radius 2 is 1.00 bits per heavy atom. The molecule has 4 heterocycles. The summed E-state index contributed by atoms with van der Waals surface area (Å²) in [5.41, 5.74) is 9.89. The molecule has 182 valence electrons. The second-order valence-corrected chi connectivity index (χ2v) is 9.72. The van der Waals surface area contributed by atoms with Crippen LogP contribution in [0, 0.1) is 0 Å². The number of furan rings is 1. The SMILES string of the molecule is c1ccc2c(c1)oc1ccc(-c3ccc(-c4ccc5ccc6ccc(-c7ccncc7)nc6c5n4)cc3)cc12.